The largest absolute Gasteiger partial charge is 0.367 e. The molecule has 0 bridgehead atoms. The minimum Gasteiger partial charge on any atom is -0.367 e. The molecule has 0 spiro atoms. The number of hydrogen-bond acceptors (Lipinski definition) is 4. The number of para-hydroxylation sites is 1. The lowest BCUT2D eigenvalue weighted by Crippen LogP contribution is -2.14. The lowest BCUT2D eigenvalue weighted by Gasteiger charge is -2.13. The summed E-state index contributed by atoms with van der Waals surface area (Å²) in [6, 6.07) is 8.58. The third-order valence-corrected chi connectivity index (χ3v) is 2.81. The predicted octanol–water partition coefficient (Wildman–Crippen LogP) is 3.57. The highest BCUT2D eigenvalue weighted by Crippen LogP contribution is 2.19. The molecule has 0 aliphatic carbocycles. The molecule has 0 amide bonds. The van der Waals surface area contributed by atoms with Gasteiger partial charge in [-0.15, -0.1) is 0 Å². The van der Waals surface area contributed by atoms with E-state index < -0.39 is 0 Å². The number of hydrogen-bond donors (Lipinski definition) is 2. The van der Waals surface area contributed by atoms with Gasteiger partial charge in [0.2, 0.25) is 0 Å². The molecule has 2 N–H and O–H groups in total. The maximum absolute atomic E-state index is 13.5. The van der Waals surface area contributed by atoms with Gasteiger partial charge in [0.25, 0.3) is 0 Å². The van der Waals surface area contributed by atoms with E-state index in [1.54, 1.807) is 24.3 Å². The summed E-state index contributed by atoms with van der Waals surface area (Å²) in [7, 11) is 0. The molecule has 2 rings (SSSR count). The van der Waals surface area contributed by atoms with E-state index in [2.05, 4.69) is 34.4 Å². The SMILES string of the molecule is CCC(C)Nc1cc(Nc2ccccc2F)ncn1. The molecule has 1 aromatic heterocycles. The highest BCUT2D eigenvalue weighted by Gasteiger charge is 2.04. The zero-order valence-corrected chi connectivity index (χ0v) is 11.0. The molecule has 0 saturated carbocycles. The van der Waals surface area contributed by atoms with Gasteiger partial charge in [0.1, 0.15) is 23.8 Å². The van der Waals surface area contributed by atoms with Gasteiger partial charge in [0.05, 0.1) is 5.69 Å². The maximum Gasteiger partial charge on any atom is 0.146 e. The zero-order chi connectivity index (χ0) is 13.7. The third kappa shape index (κ3) is 3.64. The molecule has 1 aromatic carbocycles. The second-order valence-electron chi connectivity index (χ2n) is 4.35. The fraction of sp³-hybridized carbons (Fsp3) is 0.286. The Morgan fingerprint density at radius 3 is 2.68 bits per heavy atom. The van der Waals surface area contributed by atoms with Crippen LogP contribution in [0.2, 0.25) is 0 Å². The van der Waals surface area contributed by atoms with Gasteiger partial charge >= 0.3 is 0 Å². The van der Waals surface area contributed by atoms with E-state index in [1.165, 1.54) is 12.4 Å². The summed E-state index contributed by atoms with van der Waals surface area (Å²) in [6.07, 6.45) is 2.45. The smallest absolute Gasteiger partial charge is 0.146 e. The molecule has 0 aliphatic rings. The van der Waals surface area contributed by atoms with E-state index in [-0.39, 0.29) is 5.82 Å². The van der Waals surface area contributed by atoms with Gasteiger partial charge in [0.15, 0.2) is 0 Å². The van der Waals surface area contributed by atoms with Crippen LogP contribution in [-0.2, 0) is 0 Å². The molecule has 0 saturated heterocycles. The summed E-state index contributed by atoms with van der Waals surface area (Å²) in [5.74, 6) is 0.978. The maximum atomic E-state index is 13.5. The number of benzene rings is 1. The van der Waals surface area contributed by atoms with Gasteiger partial charge in [-0.05, 0) is 25.5 Å². The fourth-order valence-electron chi connectivity index (χ4n) is 1.56. The van der Waals surface area contributed by atoms with Crippen LogP contribution in [0.1, 0.15) is 20.3 Å². The molecule has 1 unspecified atom stereocenters. The minimum atomic E-state index is -0.308. The topological polar surface area (TPSA) is 49.8 Å². The molecule has 19 heavy (non-hydrogen) atoms. The highest BCUT2D eigenvalue weighted by molar-refractivity contribution is 5.59. The van der Waals surface area contributed by atoms with Crippen LogP contribution in [0.4, 0.5) is 21.7 Å². The van der Waals surface area contributed by atoms with Crippen LogP contribution in [0.3, 0.4) is 0 Å². The Hall–Kier alpha value is -2.17. The minimum absolute atomic E-state index is 0.308. The van der Waals surface area contributed by atoms with E-state index in [4.69, 9.17) is 0 Å². The number of nitrogens with one attached hydrogen (secondary N) is 2. The van der Waals surface area contributed by atoms with Crippen molar-refractivity contribution >= 4 is 17.3 Å². The lowest BCUT2D eigenvalue weighted by atomic mass is 10.2. The summed E-state index contributed by atoms with van der Waals surface area (Å²) in [4.78, 5) is 8.22. The highest BCUT2D eigenvalue weighted by atomic mass is 19.1. The van der Waals surface area contributed by atoms with Gasteiger partial charge < -0.3 is 10.6 Å². The van der Waals surface area contributed by atoms with Gasteiger partial charge in [-0.2, -0.15) is 0 Å². The molecular weight excluding hydrogens is 243 g/mol. The number of aromatic nitrogens is 2. The third-order valence-electron chi connectivity index (χ3n) is 2.81. The van der Waals surface area contributed by atoms with Crippen LogP contribution in [0.25, 0.3) is 0 Å². The van der Waals surface area contributed by atoms with Crippen LogP contribution >= 0.6 is 0 Å². The van der Waals surface area contributed by atoms with E-state index in [9.17, 15) is 4.39 Å². The zero-order valence-electron chi connectivity index (χ0n) is 11.0. The second-order valence-corrected chi connectivity index (χ2v) is 4.35. The van der Waals surface area contributed by atoms with Gasteiger partial charge in [-0.3, -0.25) is 0 Å². The van der Waals surface area contributed by atoms with Crippen LogP contribution < -0.4 is 10.6 Å². The number of halogens is 1. The van der Waals surface area contributed by atoms with Crippen molar-refractivity contribution in [3.8, 4) is 0 Å². The summed E-state index contributed by atoms with van der Waals surface area (Å²) < 4.78 is 13.5. The van der Waals surface area contributed by atoms with Gasteiger partial charge in [-0.25, -0.2) is 14.4 Å². The second kappa shape index (κ2) is 6.13. The van der Waals surface area contributed by atoms with Crippen molar-refractivity contribution in [2.75, 3.05) is 10.6 Å². The van der Waals surface area contributed by atoms with E-state index in [0.717, 1.165) is 12.2 Å². The average Bonchev–Trinajstić information content (AvgIpc) is 2.42. The Morgan fingerprint density at radius 2 is 1.95 bits per heavy atom. The van der Waals surface area contributed by atoms with Crippen molar-refractivity contribution < 1.29 is 4.39 Å². The summed E-state index contributed by atoms with van der Waals surface area (Å²) >= 11 is 0. The predicted molar refractivity (Wildman–Crippen MR) is 75.1 cm³/mol. The first kappa shape index (κ1) is 13.3. The van der Waals surface area contributed by atoms with Crippen molar-refractivity contribution in [1.82, 2.24) is 9.97 Å². The van der Waals surface area contributed by atoms with Crippen molar-refractivity contribution in [1.29, 1.82) is 0 Å². The Balaban J connectivity index is 2.13. The van der Waals surface area contributed by atoms with E-state index in [1.807, 2.05) is 0 Å². The Labute approximate surface area is 112 Å². The average molecular weight is 260 g/mol. The molecule has 2 aromatic rings. The number of rotatable bonds is 5. The van der Waals surface area contributed by atoms with Crippen molar-refractivity contribution in [3.63, 3.8) is 0 Å². The molecule has 5 heteroatoms. The van der Waals surface area contributed by atoms with Crippen LogP contribution in [0.15, 0.2) is 36.7 Å². The lowest BCUT2D eigenvalue weighted by molar-refractivity contribution is 0.632. The molecular formula is C14H17FN4. The molecule has 4 nitrogen and oxygen atoms in total. The fourth-order valence-corrected chi connectivity index (χ4v) is 1.56. The molecule has 0 aliphatic heterocycles. The van der Waals surface area contributed by atoms with Crippen molar-refractivity contribution in [2.24, 2.45) is 0 Å². The Morgan fingerprint density at radius 1 is 1.21 bits per heavy atom. The normalized spacial score (nSPS) is 11.9. The Kier molecular flexibility index (Phi) is 4.28. The number of nitrogens with zero attached hydrogens (tertiary/aromatic N) is 2. The monoisotopic (exact) mass is 260 g/mol. The standard InChI is InChI=1S/C14H17FN4/c1-3-10(2)18-13-8-14(17-9-16-13)19-12-7-5-4-6-11(12)15/h4-10H,3H2,1-2H3,(H2,16,17,18,19). The quantitative estimate of drug-likeness (QED) is 0.863. The van der Waals surface area contributed by atoms with Crippen molar-refractivity contribution in [3.05, 3.63) is 42.5 Å². The first-order valence-corrected chi connectivity index (χ1v) is 6.29. The summed E-state index contributed by atoms with van der Waals surface area (Å²) in [5.41, 5.74) is 0.399. The van der Waals surface area contributed by atoms with Crippen LogP contribution in [0.5, 0.6) is 0 Å². The summed E-state index contributed by atoms with van der Waals surface area (Å²) in [5, 5.41) is 6.19. The molecule has 0 radical (unpaired) electrons. The van der Waals surface area contributed by atoms with Crippen LogP contribution in [0, 0.1) is 5.82 Å². The molecule has 1 atom stereocenters. The Bertz CT molecular complexity index is 544. The molecule has 100 valence electrons. The van der Waals surface area contributed by atoms with E-state index in [0.29, 0.717) is 17.5 Å². The van der Waals surface area contributed by atoms with Crippen LogP contribution in [-0.4, -0.2) is 16.0 Å². The number of anilines is 3. The molecule has 1 heterocycles. The molecule has 0 fully saturated rings. The van der Waals surface area contributed by atoms with E-state index >= 15 is 0 Å². The summed E-state index contributed by atoms with van der Waals surface area (Å²) in [6.45, 7) is 4.17. The first-order chi connectivity index (χ1) is 9.19. The first-order valence-electron chi connectivity index (χ1n) is 6.29. The van der Waals surface area contributed by atoms with Gasteiger partial charge in [-0.1, -0.05) is 19.1 Å². The van der Waals surface area contributed by atoms with Crippen molar-refractivity contribution in [2.45, 2.75) is 26.3 Å². The van der Waals surface area contributed by atoms with Gasteiger partial charge in [0, 0.05) is 12.1 Å².